The van der Waals surface area contributed by atoms with Crippen molar-refractivity contribution >= 4 is 22.1 Å². The first-order valence-electron chi connectivity index (χ1n) is 3.80. The topological polar surface area (TPSA) is 69.2 Å². The average Bonchev–Trinajstić information content (AvgIpc) is 1.91. The van der Waals surface area contributed by atoms with Gasteiger partial charge < -0.3 is 4.55 Å². The average molecular weight is 233 g/mol. The molecular weight excluding hydrogens is 221 g/mol. The van der Waals surface area contributed by atoms with Crippen molar-refractivity contribution in [3.8, 4) is 0 Å². The molecule has 0 aliphatic carbocycles. The van der Waals surface area contributed by atoms with Crippen LogP contribution in [0.25, 0.3) is 0 Å². The number of rotatable bonds is 2. The number of nitrogens with one attached hydrogen (secondary N) is 1. The van der Waals surface area contributed by atoms with Crippen LogP contribution in [0.4, 0.5) is 0 Å². The second-order valence-electron chi connectivity index (χ2n) is 3.02. The molecule has 1 aliphatic rings. The Kier molecular flexibility index (Phi) is 6.50. The van der Waals surface area contributed by atoms with Gasteiger partial charge in [0.2, 0.25) is 0 Å². The molecule has 0 aromatic heterocycles. The van der Waals surface area contributed by atoms with E-state index in [-0.39, 0.29) is 41.5 Å². The molecule has 1 fully saturated rings. The molecule has 13 heavy (non-hydrogen) atoms. The predicted molar refractivity (Wildman–Crippen MR) is 47.7 cm³/mol. The third-order valence-electron chi connectivity index (χ3n) is 2.00. The van der Waals surface area contributed by atoms with E-state index in [0.29, 0.717) is 5.75 Å². The molecule has 7 heteroatoms. The van der Waals surface area contributed by atoms with Crippen LogP contribution in [0.3, 0.4) is 0 Å². The Morgan fingerprint density at radius 3 is 2.62 bits per heavy atom. The maximum absolute atomic E-state index is 10.4. The van der Waals surface area contributed by atoms with E-state index in [2.05, 4.69) is 4.72 Å². The SMILES string of the molecule is CC1CCSCC1NS(=O)(=O)[O-].[Na+]. The number of hydrogen-bond donors (Lipinski definition) is 1. The fraction of sp³-hybridized carbons (Fsp3) is 1.00. The van der Waals surface area contributed by atoms with Crippen LogP contribution in [0.15, 0.2) is 0 Å². The molecule has 72 valence electrons. The molecule has 1 aliphatic heterocycles. The van der Waals surface area contributed by atoms with E-state index in [9.17, 15) is 13.0 Å². The van der Waals surface area contributed by atoms with Crippen LogP contribution in [0.5, 0.6) is 0 Å². The van der Waals surface area contributed by atoms with Gasteiger partial charge in [-0.25, -0.2) is 13.1 Å². The van der Waals surface area contributed by atoms with Crippen LogP contribution in [-0.2, 0) is 10.3 Å². The normalized spacial score (nSPS) is 29.4. The van der Waals surface area contributed by atoms with Crippen LogP contribution < -0.4 is 34.3 Å². The fourth-order valence-corrected chi connectivity index (χ4v) is 3.34. The molecule has 0 aromatic rings. The summed E-state index contributed by atoms with van der Waals surface area (Å²) in [6.45, 7) is 1.96. The van der Waals surface area contributed by atoms with E-state index in [1.807, 2.05) is 6.92 Å². The zero-order chi connectivity index (χ0) is 9.19. The summed E-state index contributed by atoms with van der Waals surface area (Å²) in [5.41, 5.74) is 0. The first-order chi connectivity index (χ1) is 5.49. The number of hydrogen-bond acceptors (Lipinski definition) is 4. The Morgan fingerprint density at radius 2 is 2.15 bits per heavy atom. The molecule has 0 saturated carbocycles. The zero-order valence-corrected chi connectivity index (χ0v) is 11.5. The minimum absolute atomic E-state index is 0. The Hall–Kier alpha value is 1.22. The molecule has 1 rings (SSSR count). The quantitative estimate of drug-likeness (QED) is 0.413. The van der Waals surface area contributed by atoms with E-state index in [0.717, 1.165) is 12.2 Å². The molecule has 1 saturated heterocycles. The van der Waals surface area contributed by atoms with Crippen molar-refractivity contribution in [1.29, 1.82) is 0 Å². The molecule has 2 atom stereocenters. The van der Waals surface area contributed by atoms with Crippen LogP contribution in [0, 0.1) is 5.92 Å². The molecule has 0 spiro atoms. The summed E-state index contributed by atoms with van der Waals surface area (Å²) in [7, 11) is -4.27. The Labute approximate surface area is 105 Å². The molecule has 0 aromatic carbocycles. The molecule has 0 amide bonds. The van der Waals surface area contributed by atoms with Gasteiger partial charge in [-0.2, -0.15) is 11.8 Å². The Morgan fingerprint density at radius 1 is 1.54 bits per heavy atom. The van der Waals surface area contributed by atoms with Crippen LogP contribution in [0.1, 0.15) is 13.3 Å². The van der Waals surface area contributed by atoms with Crippen molar-refractivity contribution in [3.05, 3.63) is 0 Å². The summed E-state index contributed by atoms with van der Waals surface area (Å²) in [6, 6.07) is -0.175. The van der Waals surface area contributed by atoms with E-state index in [1.54, 1.807) is 11.8 Å². The molecule has 4 nitrogen and oxygen atoms in total. The third kappa shape index (κ3) is 5.61. The van der Waals surface area contributed by atoms with Crippen molar-refractivity contribution in [2.45, 2.75) is 19.4 Å². The Bertz CT molecular complexity index is 244. The summed E-state index contributed by atoms with van der Waals surface area (Å²) in [4.78, 5) is 0. The van der Waals surface area contributed by atoms with Crippen molar-refractivity contribution in [1.82, 2.24) is 4.72 Å². The number of thioether (sulfide) groups is 1. The second-order valence-corrected chi connectivity index (χ2v) is 5.31. The Balaban J connectivity index is 0.00000144. The maximum Gasteiger partial charge on any atom is 1.00 e. The molecular formula is C6H12NNaO3S2. The monoisotopic (exact) mass is 233 g/mol. The van der Waals surface area contributed by atoms with Gasteiger partial charge in [-0.1, -0.05) is 6.92 Å². The van der Waals surface area contributed by atoms with Crippen molar-refractivity contribution in [3.63, 3.8) is 0 Å². The fourth-order valence-electron chi connectivity index (χ4n) is 1.18. The van der Waals surface area contributed by atoms with Crippen LogP contribution in [0.2, 0.25) is 0 Å². The van der Waals surface area contributed by atoms with E-state index in [1.165, 1.54) is 0 Å². The molecule has 0 radical (unpaired) electrons. The summed E-state index contributed by atoms with van der Waals surface area (Å²) in [5, 5.41) is 0. The van der Waals surface area contributed by atoms with E-state index < -0.39 is 10.3 Å². The third-order valence-corrected chi connectivity index (χ3v) is 3.71. The smallest absolute Gasteiger partial charge is 0.735 e. The van der Waals surface area contributed by atoms with Gasteiger partial charge in [0.05, 0.1) is 0 Å². The molecule has 0 bridgehead atoms. The van der Waals surface area contributed by atoms with Gasteiger partial charge in [0.25, 0.3) is 0 Å². The van der Waals surface area contributed by atoms with Crippen molar-refractivity contribution in [2.24, 2.45) is 5.92 Å². The summed E-state index contributed by atoms with van der Waals surface area (Å²) in [5.74, 6) is 2.04. The van der Waals surface area contributed by atoms with Gasteiger partial charge >= 0.3 is 29.6 Å². The van der Waals surface area contributed by atoms with Crippen molar-refractivity contribution in [2.75, 3.05) is 11.5 Å². The van der Waals surface area contributed by atoms with Gasteiger partial charge in [-0.15, -0.1) is 0 Å². The molecule has 2 unspecified atom stereocenters. The minimum Gasteiger partial charge on any atom is -0.735 e. The minimum atomic E-state index is -4.27. The predicted octanol–water partition coefficient (Wildman–Crippen LogP) is -2.82. The van der Waals surface area contributed by atoms with Crippen LogP contribution in [-0.4, -0.2) is 30.5 Å². The summed E-state index contributed by atoms with van der Waals surface area (Å²) in [6.07, 6.45) is 0.970. The summed E-state index contributed by atoms with van der Waals surface area (Å²) < 4.78 is 33.2. The van der Waals surface area contributed by atoms with Crippen LogP contribution >= 0.6 is 11.8 Å². The standard InChI is InChI=1S/C6H13NO3S2.Na/c1-5-2-3-11-4-6(5)7-12(8,9)10;/h5-7H,2-4H2,1H3,(H,8,9,10);/q;+1/p-1. The van der Waals surface area contributed by atoms with E-state index >= 15 is 0 Å². The summed E-state index contributed by atoms with van der Waals surface area (Å²) >= 11 is 1.68. The van der Waals surface area contributed by atoms with Gasteiger partial charge in [0.1, 0.15) is 0 Å². The van der Waals surface area contributed by atoms with E-state index in [4.69, 9.17) is 0 Å². The zero-order valence-electron chi connectivity index (χ0n) is 7.82. The molecule has 1 N–H and O–H groups in total. The van der Waals surface area contributed by atoms with Gasteiger partial charge in [-0.05, 0) is 18.1 Å². The second kappa shape index (κ2) is 5.95. The van der Waals surface area contributed by atoms with Gasteiger partial charge in [0, 0.05) is 11.8 Å². The maximum atomic E-state index is 10.4. The van der Waals surface area contributed by atoms with Gasteiger partial charge in [0.15, 0.2) is 10.3 Å². The molecule has 1 heterocycles. The largest absolute Gasteiger partial charge is 1.00 e. The van der Waals surface area contributed by atoms with Crippen molar-refractivity contribution < 1.29 is 42.5 Å². The first-order valence-corrected chi connectivity index (χ1v) is 6.36. The van der Waals surface area contributed by atoms with Gasteiger partial charge in [-0.3, -0.25) is 0 Å². The first kappa shape index (κ1) is 14.2.